The van der Waals surface area contributed by atoms with Crippen molar-refractivity contribution < 1.29 is 48.4 Å². The van der Waals surface area contributed by atoms with Crippen LogP contribution in [0.15, 0.2) is 91.3 Å². The van der Waals surface area contributed by atoms with E-state index in [0.717, 1.165) is 46.7 Å². The first-order chi connectivity index (χ1) is 35.2. The fourth-order valence-corrected chi connectivity index (χ4v) is 8.45. The maximum Gasteiger partial charge on any atom is 0.419 e. The van der Waals surface area contributed by atoms with Gasteiger partial charge in [-0.05, 0) is 117 Å². The molecule has 394 valence electrons. The van der Waals surface area contributed by atoms with Gasteiger partial charge in [0.15, 0.2) is 23.7 Å². The second kappa shape index (κ2) is 24.7. The van der Waals surface area contributed by atoms with Gasteiger partial charge in [-0.15, -0.1) is 10.2 Å². The highest BCUT2D eigenvalue weighted by atomic mass is 16.6. The van der Waals surface area contributed by atoms with Crippen LogP contribution in [0.25, 0.3) is 21.8 Å². The van der Waals surface area contributed by atoms with Crippen molar-refractivity contribution in [1.29, 1.82) is 0 Å². The third-order valence-electron chi connectivity index (χ3n) is 11.9. The van der Waals surface area contributed by atoms with E-state index in [9.17, 15) is 34.2 Å². The van der Waals surface area contributed by atoms with Crippen LogP contribution >= 0.6 is 0 Å². The predicted molar refractivity (Wildman–Crippen MR) is 273 cm³/mol. The molecule has 0 aliphatic rings. The van der Waals surface area contributed by atoms with E-state index in [1.807, 2.05) is 113 Å². The number of hydrogen-bond donors (Lipinski definition) is 3. The number of aliphatic carboxylic acids is 2. The molecule has 0 spiro atoms. The number of aromatic nitrogens is 10. The fourth-order valence-electron chi connectivity index (χ4n) is 8.45. The summed E-state index contributed by atoms with van der Waals surface area (Å²) in [5.41, 5.74) is 8.88. The average molecular weight is 1020 g/mol. The van der Waals surface area contributed by atoms with Crippen LogP contribution in [0.4, 0.5) is 9.59 Å². The molecule has 0 unspecified atom stereocenters. The molecule has 0 aliphatic carbocycles. The molecule has 7 aromatic rings. The highest BCUT2D eigenvalue weighted by molar-refractivity contribution is 5.93. The molecule has 21 nitrogen and oxygen atoms in total. The molecule has 0 fully saturated rings. The van der Waals surface area contributed by atoms with Crippen molar-refractivity contribution >= 4 is 51.9 Å². The summed E-state index contributed by atoms with van der Waals surface area (Å²) in [6.07, 6.45) is 6.67. The zero-order valence-electron chi connectivity index (χ0n) is 43.3. The fraction of sp³-hybridized carbons (Fsp3) is 0.453. The molecule has 21 heteroatoms. The van der Waals surface area contributed by atoms with Crippen molar-refractivity contribution in [3.8, 4) is 0 Å². The van der Waals surface area contributed by atoms with Gasteiger partial charge in [0.1, 0.15) is 17.8 Å². The number of para-hydroxylation sites is 2. The van der Waals surface area contributed by atoms with Crippen LogP contribution in [0.5, 0.6) is 0 Å². The Morgan fingerprint density at radius 3 is 1.54 bits per heavy atom. The summed E-state index contributed by atoms with van der Waals surface area (Å²) in [4.78, 5) is 63.0. The topological polar surface area (TPSA) is 277 Å². The van der Waals surface area contributed by atoms with E-state index in [4.69, 9.17) is 19.9 Å². The van der Waals surface area contributed by atoms with Crippen LogP contribution < -0.4 is 5.73 Å². The number of hydrogen-bond acceptors (Lipinski definition) is 15. The lowest BCUT2D eigenvalue weighted by molar-refractivity contribution is -0.145. The zero-order chi connectivity index (χ0) is 53.7. The lowest BCUT2D eigenvalue weighted by Crippen LogP contribution is -2.27. The number of nitrogens with two attached hydrogens (primary N) is 1. The van der Waals surface area contributed by atoms with Crippen molar-refractivity contribution in [2.24, 2.45) is 5.73 Å². The summed E-state index contributed by atoms with van der Waals surface area (Å²) >= 11 is 0. The van der Waals surface area contributed by atoms with Crippen LogP contribution in [0.3, 0.4) is 0 Å². The highest BCUT2D eigenvalue weighted by Crippen LogP contribution is 2.32. The smallest absolute Gasteiger partial charge is 0.419 e. The Balaban J connectivity index is 0.000000250. The van der Waals surface area contributed by atoms with E-state index >= 15 is 0 Å². The summed E-state index contributed by atoms with van der Waals surface area (Å²) in [6.45, 7) is 14.9. The molecule has 4 N–H and O–H groups in total. The Labute approximate surface area is 428 Å². The van der Waals surface area contributed by atoms with Crippen molar-refractivity contribution in [2.75, 3.05) is 0 Å². The molecule has 4 heterocycles. The average Bonchev–Trinajstić information content (AvgIpc) is 4.17. The van der Waals surface area contributed by atoms with E-state index in [1.165, 1.54) is 18.5 Å². The largest absolute Gasteiger partial charge is 0.480 e. The first kappa shape index (κ1) is 55.5. The Morgan fingerprint density at radius 1 is 0.622 bits per heavy atom. The molecule has 0 amide bonds. The number of carbonyl (C=O) groups is 5. The minimum atomic E-state index is -1.05. The SMILES string of the molecule is CCCC[C@@H](C(=O)O)n1nnnc1[C@@H](CC(=O)OCc1ccccc1)Cc1cn(C(=O)OC(C)(C)C)c2ccccc12.CCCC[C@@H](C(=O)O)n1nnnc1[C@@H](N)Cc1cn(C(=O)OC(C)(C)C)c2ccccc12. The molecule has 4 aromatic heterocycles. The molecule has 0 bridgehead atoms. The van der Waals surface area contributed by atoms with Gasteiger partial charge in [-0.1, -0.05) is 106 Å². The summed E-state index contributed by atoms with van der Waals surface area (Å²) in [7, 11) is 0. The minimum Gasteiger partial charge on any atom is -0.480 e. The highest BCUT2D eigenvalue weighted by Gasteiger charge is 2.32. The number of unbranched alkanes of at least 4 members (excludes halogenated alkanes) is 2. The minimum absolute atomic E-state index is 0.0979. The summed E-state index contributed by atoms with van der Waals surface area (Å²) in [5, 5.41) is 44.9. The number of benzene rings is 3. The first-order valence-corrected chi connectivity index (χ1v) is 24.8. The summed E-state index contributed by atoms with van der Waals surface area (Å²) in [5.74, 6) is -2.60. The standard InChI is InChI=1S/C31H37N5O6.C22H30N6O4/c1-5-6-15-26(29(38)39)36-28(32-33-34-36)22(18-27(37)41-20-21-12-8-7-9-13-21)17-23-19-35(30(40)42-31(2,3)4)25-16-11-10-14-24(23)25;1-5-6-10-18(20(29)30)28-19(24-25-26-28)16(23)12-14-13-27(21(31)32-22(2,3)4)17-11-8-7-9-15(14)17/h7-14,16,19,22,26H,5-6,15,17-18,20H2,1-4H3,(H,38,39);7-9,11,13,16,18H,5-6,10,12,23H2,1-4H3,(H,29,30)/t22-,26+;16-,18-/m10/s1. The molecule has 0 aliphatic heterocycles. The number of fused-ring (bicyclic) bond motifs is 2. The Kier molecular flexibility index (Phi) is 18.6. The third-order valence-corrected chi connectivity index (χ3v) is 11.9. The van der Waals surface area contributed by atoms with Gasteiger partial charge in [0.2, 0.25) is 0 Å². The number of carboxylic acid groups (broad SMARTS) is 2. The van der Waals surface area contributed by atoms with E-state index < -0.39 is 65.3 Å². The normalized spacial score (nSPS) is 13.4. The van der Waals surface area contributed by atoms with E-state index in [1.54, 1.807) is 33.2 Å². The van der Waals surface area contributed by atoms with Crippen molar-refractivity contribution in [3.63, 3.8) is 0 Å². The van der Waals surface area contributed by atoms with Crippen LogP contribution in [0.1, 0.15) is 153 Å². The number of esters is 1. The molecule has 4 atom stereocenters. The van der Waals surface area contributed by atoms with Gasteiger partial charge in [0.05, 0.1) is 23.5 Å². The van der Waals surface area contributed by atoms with Gasteiger partial charge in [-0.25, -0.2) is 28.5 Å². The van der Waals surface area contributed by atoms with Gasteiger partial charge < -0.3 is 30.2 Å². The monoisotopic (exact) mass is 1020 g/mol. The second-order valence-corrected chi connectivity index (χ2v) is 20.1. The van der Waals surface area contributed by atoms with Gasteiger partial charge >= 0.3 is 30.1 Å². The number of nitrogens with zero attached hydrogens (tertiary/aromatic N) is 10. The van der Waals surface area contributed by atoms with Crippen LogP contribution in [0, 0.1) is 0 Å². The van der Waals surface area contributed by atoms with Crippen LogP contribution in [-0.2, 0) is 48.0 Å². The number of tetrazole rings is 2. The van der Waals surface area contributed by atoms with E-state index in [2.05, 4.69) is 31.1 Å². The lowest BCUT2D eigenvalue weighted by atomic mass is 9.94. The summed E-state index contributed by atoms with van der Waals surface area (Å²) in [6, 6.07) is 21.7. The van der Waals surface area contributed by atoms with Gasteiger partial charge in [-0.2, -0.15) is 0 Å². The number of carbonyl (C=O) groups excluding carboxylic acids is 3. The number of rotatable bonds is 20. The Bertz CT molecular complexity index is 3020. The predicted octanol–water partition coefficient (Wildman–Crippen LogP) is 9.16. The van der Waals surface area contributed by atoms with Gasteiger partial charge in [0, 0.05) is 29.1 Å². The molecule has 3 aromatic carbocycles. The molecule has 0 radical (unpaired) electrons. The zero-order valence-corrected chi connectivity index (χ0v) is 43.3. The number of ether oxygens (including phenoxy) is 3. The molecule has 74 heavy (non-hydrogen) atoms. The number of carboxylic acids is 2. The van der Waals surface area contributed by atoms with Crippen molar-refractivity contribution in [3.05, 3.63) is 120 Å². The van der Waals surface area contributed by atoms with E-state index in [-0.39, 0.29) is 25.3 Å². The third kappa shape index (κ3) is 14.4. The second-order valence-electron chi connectivity index (χ2n) is 20.1. The van der Waals surface area contributed by atoms with Crippen molar-refractivity contribution in [1.82, 2.24) is 49.5 Å². The molecular weight excluding hydrogens is 951 g/mol. The molecule has 0 saturated carbocycles. The Hall–Kier alpha value is -7.81. The first-order valence-electron chi connectivity index (χ1n) is 24.8. The van der Waals surface area contributed by atoms with Crippen LogP contribution in [-0.4, -0.2) is 101 Å². The lowest BCUT2D eigenvalue weighted by Gasteiger charge is -2.20. The maximum absolute atomic E-state index is 13.1. The van der Waals surface area contributed by atoms with Gasteiger partial charge in [0.25, 0.3) is 0 Å². The quantitative estimate of drug-likeness (QED) is 0.0474. The van der Waals surface area contributed by atoms with Gasteiger partial charge in [-0.3, -0.25) is 13.9 Å². The molecular formula is C53H67N11O10. The van der Waals surface area contributed by atoms with E-state index in [0.29, 0.717) is 42.5 Å². The maximum atomic E-state index is 13.1. The van der Waals surface area contributed by atoms with Crippen LogP contribution in [0.2, 0.25) is 0 Å². The molecule has 7 rings (SSSR count). The van der Waals surface area contributed by atoms with Crippen molar-refractivity contribution in [2.45, 2.75) is 155 Å². The molecule has 0 saturated heterocycles. The summed E-state index contributed by atoms with van der Waals surface area (Å²) < 4.78 is 22.3. The Morgan fingerprint density at radius 2 is 1.07 bits per heavy atom.